The van der Waals surface area contributed by atoms with Crippen LogP contribution in [0.3, 0.4) is 0 Å². The molecule has 0 aromatic carbocycles. The molecule has 20 heavy (non-hydrogen) atoms. The molecule has 1 fully saturated rings. The van der Waals surface area contributed by atoms with Crippen LogP contribution in [0.15, 0.2) is 24.5 Å². The maximum atomic E-state index is 11.1. The van der Waals surface area contributed by atoms with Crippen molar-refractivity contribution in [1.29, 1.82) is 0 Å². The fourth-order valence-electron chi connectivity index (χ4n) is 2.67. The van der Waals surface area contributed by atoms with Crippen molar-refractivity contribution in [2.75, 3.05) is 5.32 Å². The largest absolute Gasteiger partial charge is 0.369 e. The molecule has 1 aliphatic rings. The Labute approximate surface area is 116 Å². The van der Waals surface area contributed by atoms with Crippen LogP contribution in [-0.4, -0.2) is 26.9 Å². The molecule has 2 heterocycles. The van der Waals surface area contributed by atoms with Crippen LogP contribution < -0.4 is 11.1 Å². The van der Waals surface area contributed by atoms with E-state index in [4.69, 9.17) is 5.73 Å². The molecule has 2 aromatic heterocycles. The number of hydrogen-bond acceptors (Lipinski definition) is 5. The molecule has 6 nitrogen and oxygen atoms in total. The number of nitrogens with two attached hydrogens (primary N) is 1. The third-order valence-electron chi connectivity index (χ3n) is 3.81. The summed E-state index contributed by atoms with van der Waals surface area (Å²) in [5.74, 6) is 0.659. The SMILES string of the molecule is NC(=O)C1CCC(Nc2ccc3nccnc3n2)CC1. The smallest absolute Gasteiger partial charge is 0.220 e. The zero-order chi connectivity index (χ0) is 13.9. The van der Waals surface area contributed by atoms with Gasteiger partial charge < -0.3 is 11.1 Å². The number of pyridine rings is 1. The number of amides is 1. The Morgan fingerprint density at radius 3 is 2.65 bits per heavy atom. The Bertz CT molecular complexity index is 622. The fourth-order valence-corrected chi connectivity index (χ4v) is 2.67. The predicted octanol–water partition coefficient (Wildman–Crippen LogP) is 1.48. The Kier molecular flexibility index (Phi) is 3.45. The van der Waals surface area contributed by atoms with E-state index in [1.54, 1.807) is 12.4 Å². The molecule has 0 spiro atoms. The van der Waals surface area contributed by atoms with E-state index in [1.807, 2.05) is 12.1 Å². The van der Waals surface area contributed by atoms with Gasteiger partial charge in [-0.05, 0) is 37.8 Å². The second kappa shape index (κ2) is 5.40. The van der Waals surface area contributed by atoms with E-state index >= 15 is 0 Å². The van der Waals surface area contributed by atoms with Crippen LogP contribution >= 0.6 is 0 Å². The second-order valence-corrected chi connectivity index (χ2v) is 5.19. The third kappa shape index (κ3) is 2.68. The molecule has 3 rings (SSSR count). The van der Waals surface area contributed by atoms with Crippen LogP contribution in [-0.2, 0) is 4.79 Å². The summed E-state index contributed by atoms with van der Waals surface area (Å²) in [5.41, 5.74) is 6.77. The zero-order valence-electron chi connectivity index (χ0n) is 11.1. The summed E-state index contributed by atoms with van der Waals surface area (Å²) in [6.07, 6.45) is 6.86. The summed E-state index contributed by atoms with van der Waals surface area (Å²) < 4.78 is 0. The molecular formula is C14H17N5O. The zero-order valence-corrected chi connectivity index (χ0v) is 11.1. The first-order valence-electron chi connectivity index (χ1n) is 6.86. The quantitative estimate of drug-likeness (QED) is 0.881. The monoisotopic (exact) mass is 271 g/mol. The number of carbonyl (C=O) groups excluding carboxylic acids is 1. The van der Waals surface area contributed by atoms with Crippen molar-refractivity contribution in [3.05, 3.63) is 24.5 Å². The van der Waals surface area contributed by atoms with Crippen molar-refractivity contribution >= 4 is 22.9 Å². The van der Waals surface area contributed by atoms with Gasteiger partial charge in [0.15, 0.2) is 5.65 Å². The van der Waals surface area contributed by atoms with Gasteiger partial charge >= 0.3 is 0 Å². The molecule has 0 radical (unpaired) electrons. The van der Waals surface area contributed by atoms with Gasteiger partial charge in [0.05, 0.1) is 0 Å². The summed E-state index contributed by atoms with van der Waals surface area (Å²) >= 11 is 0. The molecule has 1 aliphatic carbocycles. The molecule has 0 aliphatic heterocycles. The number of nitrogens with one attached hydrogen (secondary N) is 1. The van der Waals surface area contributed by atoms with E-state index in [2.05, 4.69) is 20.3 Å². The van der Waals surface area contributed by atoms with Crippen LogP contribution in [0.5, 0.6) is 0 Å². The number of anilines is 1. The topological polar surface area (TPSA) is 93.8 Å². The minimum atomic E-state index is -0.178. The molecule has 0 bridgehead atoms. The van der Waals surface area contributed by atoms with Crippen molar-refractivity contribution in [3.63, 3.8) is 0 Å². The highest BCUT2D eigenvalue weighted by Gasteiger charge is 2.24. The molecule has 0 unspecified atom stereocenters. The van der Waals surface area contributed by atoms with Gasteiger partial charge in [0.25, 0.3) is 0 Å². The van der Waals surface area contributed by atoms with Gasteiger partial charge in [0, 0.05) is 24.4 Å². The van der Waals surface area contributed by atoms with Crippen LogP contribution in [0.25, 0.3) is 11.2 Å². The highest BCUT2D eigenvalue weighted by atomic mass is 16.1. The number of nitrogens with zero attached hydrogens (tertiary/aromatic N) is 3. The van der Waals surface area contributed by atoms with Gasteiger partial charge in [-0.2, -0.15) is 0 Å². The lowest BCUT2D eigenvalue weighted by Crippen LogP contribution is -2.32. The minimum Gasteiger partial charge on any atom is -0.369 e. The minimum absolute atomic E-state index is 0.0310. The van der Waals surface area contributed by atoms with E-state index in [1.165, 1.54) is 0 Å². The normalized spacial score (nSPS) is 22.6. The van der Waals surface area contributed by atoms with Crippen molar-refractivity contribution in [3.8, 4) is 0 Å². The summed E-state index contributed by atoms with van der Waals surface area (Å²) in [5, 5.41) is 3.40. The van der Waals surface area contributed by atoms with E-state index in [0.29, 0.717) is 11.7 Å². The molecule has 104 valence electrons. The molecule has 1 amide bonds. The molecule has 3 N–H and O–H groups in total. The van der Waals surface area contributed by atoms with E-state index in [9.17, 15) is 4.79 Å². The molecule has 1 saturated carbocycles. The fraction of sp³-hybridized carbons (Fsp3) is 0.429. The van der Waals surface area contributed by atoms with Gasteiger partial charge in [-0.1, -0.05) is 0 Å². The van der Waals surface area contributed by atoms with Crippen molar-refractivity contribution in [2.45, 2.75) is 31.7 Å². The number of aromatic nitrogens is 3. The van der Waals surface area contributed by atoms with Gasteiger partial charge in [-0.15, -0.1) is 0 Å². The number of fused-ring (bicyclic) bond motifs is 1. The van der Waals surface area contributed by atoms with Crippen LogP contribution in [0.4, 0.5) is 5.82 Å². The Morgan fingerprint density at radius 2 is 1.90 bits per heavy atom. The number of carbonyl (C=O) groups is 1. The van der Waals surface area contributed by atoms with Crippen molar-refractivity contribution < 1.29 is 4.79 Å². The van der Waals surface area contributed by atoms with Gasteiger partial charge in [-0.25, -0.2) is 9.97 Å². The van der Waals surface area contributed by atoms with Crippen LogP contribution in [0, 0.1) is 5.92 Å². The molecule has 6 heteroatoms. The van der Waals surface area contributed by atoms with E-state index in [-0.39, 0.29) is 11.8 Å². The number of rotatable bonds is 3. The average Bonchev–Trinajstić information content (AvgIpc) is 2.48. The Morgan fingerprint density at radius 1 is 1.15 bits per heavy atom. The highest BCUT2D eigenvalue weighted by Crippen LogP contribution is 2.26. The van der Waals surface area contributed by atoms with E-state index in [0.717, 1.165) is 37.0 Å². The predicted molar refractivity (Wildman–Crippen MR) is 75.9 cm³/mol. The maximum absolute atomic E-state index is 11.1. The van der Waals surface area contributed by atoms with Gasteiger partial charge in [0.1, 0.15) is 11.3 Å². The van der Waals surface area contributed by atoms with Crippen molar-refractivity contribution in [1.82, 2.24) is 15.0 Å². The first-order valence-corrected chi connectivity index (χ1v) is 6.86. The van der Waals surface area contributed by atoms with Crippen molar-refractivity contribution in [2.24, 2.45) is 11.7 Å². The summed E-state index contributed by atoms with van der Waals surface area (Å²) in [6, 6.07) is 4.16. The Balaban J connectivity index is 1.66. The Hall–Kier alpha value is -2.24. The summed E-state index contributed by atoms with van der Waals surface area (Å²) in [6.45, 7) is 0. The average molecular weight is 271 g/mol. The second-order valence-electron chi connectivity index (χ2n) is 5.19. The summed E-state index contributed by atoms with van der Waals surface area (Å²) in [4.78, 5) is 24.0. The maximum Gasteiger partial charge on any atom is 0.220 e. The van der Waals surface area contributed by atoms with Gasteiger partial charge in [0.2, 0.25) is 5.91 Å². The first-order chi connectivity index (χ1) is 9.72. The molecule has 0 atom stereocenters. The van der Waals surface area contributed by atoms with Crippen LogP contribution in [0.2, 0.25) is 0 Å². The lowest BCUT2D eigenvalue weighted by Gasteiger charge is -2.27. The molecule has 0 saturated heterocycles. The van der Waals surface area contributed by atoms with E-state index < -0.39 is 0 Å². The third-order valence-corrected chi connectivity index (χ3v) is 3.81. The summed E-state index contributed by atoms with van der Waals surface area (Å²) in [7, 11) is 0. The lowest BCUT2D eigenvalue weighted by molar-refractivity contribution is -0.122. The highest BCUT2D eigenvalue weighted by molar-refractivity contribution is 5.76. The van der Waals surface area contributed by atoms with Gasteiger partial charge in [-0.3, -0.25) is 9.78 Å². The first kappa shape index (κ1) is 12.8. The standard InChI is InChI=1S/C14H17N5O/c15-13(20)9-1-3-10(4-2-9)18-12-6-5-11-14(19-12)17-8-7-16-11/h5-10H,1-4H2,(H2,15,20)(H,17,18,19). The van der Waals surface area contributed by atoms with Crippen LogP contribution in [0.1, 0.15) is 25.7 Å². The lowest BCUT2D eigenvalue weighted by atomic mass is 9.85. The number of hydrogen-bond donors (Lipinski definition) is 2. The molecular weight excluding hydrogens is 254 g/mol. The molecule has 2 aromatic rings. The number of primary amides is 1.